The Morgan fingerprint density at radius 1 is 0.909 bits per heavy atom. The number of esters is 1. The van der Waals surface area contributed by atoms with Crippen LogP contribution in [0.1, 0.15) is 25.0 Å². The van der Waals surface area contributed by atoms with Crippen LogP contribution in [0.5, 0.6) is 17.2 Å². The second-order valence-electron chi connectivity index (χ2n) is 8.50. The second-order valence-corrected chi connectivity index (χ2v) is 8.50. The molecular weight excluding hydrogens is 433 g/mol. The summed E-state index contributed by atoms with van der Waals surface area (Å²) >= 11 is 0. The molecule has 2 atom stereocenters. The molecule has 4 nitrogen and oxygen atoms in total. The first-order valence-corrected chi connectivity index (χ1v) is 10.5. The lowest BCUT2D eigenvalue weighted by atomic mass is 10.1. The first kappa shape index (κ1) is 22.7. The van der Waals surface area contributed by atoms with Crippen LogP contribution in [0.15, 0.2) is 78.9 Å². The molecule has 3 aromatic rings. The molecule has 33 heavy (non-hydrogen) atoms. The number of para-hydroxylation sites is 2. The van der Waals surface area contributed by atoms with Crippen molar-refractivity contribution in [2.24, 2.45) is 11.3 Å². The number of benzene rings is 3. The molecule has 0 aliphatic heterocycles. The van der Waals surface area contributed by atoms with Gasteiger partial charge >= 0.3 is 12.1 Å². The summed E-state index contributed by atoms with van der Waals surface area (Å²) in [4.78, 5) is 12.7. The molecule has 1 aliphatic rings. The van der Waals surface area contributed by atoms with Crippen LogP contribution >= 0.6 is 0 Å². The van der Waals surface area contributed by atoms with Crippen LogP contribution in [-0.4, -0.2) is 12.1 Å². The van der Waals surface area contributed by atoms with E-state index in [1.54, 1.807) is 38.1 Å². The lowest BCUT2D eigenvalue weighted by Crippen LogP contribution is -2.14. The van der Waals surface area contributed by atoms with Crippen molar-refractivity contribution in [3.05, 3.63) is 90.0 Å². The maximum Gasteiger partial charge on any atom is 0.419 e. The first-order valence-electron chi connectivity index (χ1n) is 10.5. The van der Waals surface area contributed by atoms with Gasteiger partial charge in [0.1, 0.15) is 35.9 Å². The van der Waals surface area contributed by atoms with Crippen molar-refractivity contribution in [2.75, 3.05) is 0 Å². The zero-order valence-electron chi connectivity index (χ0n) is 18.1. The second kappa shape index (κ2) is 8.81. The predicted molar refractivity (Wildman–Crippen MR) is 116 cm³/mol. The molecule has 0 bridgehead atoms. The van der Waals surface area contributed by atoms with Gasteiger partial charge in [-0.3, -0.25) is 4.79 Å². The number of rotatable bonds is 7. The van der Waals surface area contributed by atoms with Gasteiger partial charge in [-0.15, -0.1) is 0 Å². The summed E-state index contributed by atoms with van der Waals surface area (Å²) in [5.74, 6) is -0.174. The summed E-state index contributed by atoms with van der Waals surface area (Å²) in [6, 6.07) is 21.4. The Morgan fingerprint density at radius 3 is 2.30 bits per heavy atom. The summed E-state index contributed by atoms with van der Waals surface area (Å²) in [5.41, 5.74) is -0.779. The molecule has 7 heteroatoms. The van der Waals surface area contributed by atoms with Gasteiger partial charge in [0.15, 0.2) is 0 Å². The molecule has 1 saturated carbocycles. The average Bonchev–Trinajstić information content (AvgIpc) is 3.32. The topological polar surface area (TPSA) is 44.8 Å². The third-order valence-electron chi connectivity index (χ3n) is 5.69. The third kappa shape index (κ3) is 5.13. The normalized spacial score (nSPS) is 18.9. The predicted octanol–water partition coefficient (Wildman–Crippen LogP) is 6.64. The number of halogens is 3. The molecule has 172 valence electrons. The van der Waals surface area contributed by atoms with Gasteiger partial charge < -0.3 is 14.2 Å². The van der Waals surface area contributed by atoms with Crippen molar-refractivity contribution in [1.29, 1.82) is 0 Å². The molecule has 0 spiro atoms. The minimum Gasteiger partial charge on any atom is -0.488 e. The highest BCUT2D eigenvalue weighted by atomic mass is 19.4. The molecule has 2 unspecified atom stereocenters. The molecular formula is C26H23F3O4. The van der Waals surface area contributed by atoms with Gasteiger partial charge in [0.2, 0.25) is 0 Å². The van der Waals surface area contributed by atoms with Crippen LogP contribution in [0.3, 0.4) is 0 Å². The Kier molecular flexibility index (Phi) is 6.06. The summed E-state index contributed by atoms with van der Waals surface area (Å²) in [6.45, 7) is 3.56. The fourth-order valence-corrected chi connectivity index (χ4v) is 3.75. The Labute approximate surface area is 189 Å². The van der Waals surface area contributed by atoms with E-state index in [1.165, 1.54) is 18.2 Å². The van der Waals surface area contributed by atoms with Gasteiger partial charge in [-0.1, -0.05) is 56.3 Å². The molecule has 1 fully saturated rings. The number of ether oxygens (including phenoxy) is 3. The average molecular weight is 456 g/mol. The largest absolute Gasteiger partial charge is 0.488 e. The third-order valence-corrected chi connectivity index (χ3v) is 5.69. The van der Waals surface area contributed by atoms with E-state index in [0.29, 0.717) is 11.5 Å². The molecule has 0 saturated heterocycles. The summed E-state index contributed by atoms with van der Waals surface area (Å²) in [5, 5.41) is 0. The van der Waals surface area contributed by atoms with Crippen molar-refractivity contribution in [3.63, 3.8) is 0 Å². The van der Waals surface area contributed by atoms with Crippen molar-refractivity contribution in [1.82, 2.24) is 0 Å². The Bertz CT molecular complexity index is 1130. The molecule has 0 N–H and O–H groups in total. The Hall–Kier alpha value is -3.48. The van der Waals surface area contributed by atoms with Gasteiger partial charge in [0, 0.05) is 5.41 Å². The maximum atomic E-state index is 13.3. The van der Waals surface area contributed by atoms with Crippen molar-refractivity contribution in [3.8, 4) is 17.2 Å². The van der Waals surface area contributed by atoms with E-state index in [0.717, 1.165) is 11.6 Å². The fourth-order valence-electron chi connectivity index (χ4n) is 3.75. The van der Waals surface area contributed by atoms with E-state index in [-0.39, 0.29) is 12.4 Å². The smallest absolute Gasteiger partial charge is 0.419 e. The summed E-state index contributed by atoms with van der Waals surface area (Å²) in [7, 11) is 0. The highest BCUT2D eigenvalue weighted by molar-refractivity contribution is 5.78. The van der Waals surface area contributed by atoms with Crippen LogP contribution in [0.2, 0.25) is 0 Å². The zero-order valence-corrected chi connectivity index (χ0v) is 18.1. The molecule has 0 radical (unpaired) electrons. The van der Waals surface area contributed by atoms with Crippen LogP contribution in [-0.2, 0) is 22.3 Å². The summed E-state index contributed by atoms with van der Waals surface area (Å²) < 4.78 is 56.7. The van der Waals surface area contributed by atoms with E-state index in [9.17, 15) is 18.0 Å². The number of hydrogen-bond donors (Lipinski definition) is 0. The monoisotopic (exact) mass is 456 g/mol. The first-order chi connectivity index (χ1) is 15.7. The van der Waals surface area contributed by atoms with Gasteiger partial charge in [-0.05, 0) is 42.0 Å². The molecule has 0 aromatic heterocycles. The van der Waals surface area contributed by atoms with Gasteiger partial charge in [0.05, 0.1) is 5.56 Å². The van der Waals surface area contributed by atoms with Crippen LogP contribution in [0.4, 0.5) is 13.2 Å². The number of carbonyl (C=O) groups excluding carboxylic acids is 1. The SMILES string of the molecule is CC1(C)C(Oc2ccccc2C(F)(F)F)C1C(=O)OCc1cccc(Oc2ccccc2)c1. The number of carbonyl (C=O) groups is 1. The van der Waals surface area contributed by atoms with Gasteiger partial charge in [-0.2, -0.15) is 13.2 Å². The van der Waals surface area contributed by atoms with E-state index in [2.05, 4.69) is 0 Å². The number of alkyl halides is 3. The van der Waals surface area contributed by atoms with Gasteiger partial charge in [0.25, 0.3) is 0 Å². The lowest BCUT2D eigenvalue weighted by molar-refractivity contribution is -0.147. The Morgan fingerprint density at radius 2 is 1.58 bits per heavy atom. The van der Waals surface area contributed by atoms with Crippen molar-refractivity contribution < 1.29 is 32.2 Å². The van der Waals surface area contributed by atoms with E-state index in [1.807, 2.05) is 30.3 Å². The van der Waals surface area contributed by atoms with Crippen LogP contribution in [0, 0.1) is 11.3 Å². The van der Waals surface area contributed by atoms with Crippen LogP contribution in [0.25, 0.3) is 0 Å². The van der Waals surface area contributed by atoms with Crippen molar-refractivity contribution in [2.45, 2.75) is 32.7 Å². The van der Waals surface area contributed by atoms with Gasteiger partial charge in [-0.25, -0.2) is 0 Å². The highest BCUT2D eigenvalue weighted by Crippen LogP contribution is 2.55. The molecule has 4 rings (SSSR count). The molecule has 0 heterocycles. The van der Waals surface area contributed by atoms with E-state index >= 15 is 0 Å². The molecule has 0 amide bonds. The summed E-state index contributed by atoms with van der Waals surface area (Å²) in [6.07, 6.45) is -5.25. The minimum atomic E-state index is -4.54. The zero-order chi connectivity index (χ0) is 23.6. The van der Waals surface area contributed by atoms with E-state index < -0.39 is 35.1 Å². The fraction of sp³-hybridized carbons (Fsp3) is 0.269. The molecule has 1 aliphatic carbocycles. The van der Waals surface area contributed by atoms with E-state index in [4.69, 9.17) is 14.2 Å². The maximum absolute atomic E-state index is 13.3. The standard InChI is InChI=1S/C26H23F3O4/c1-25(2)22(23(25)33-21-14-7-6-13-20(21)26(27,28)29)24(30)31-16-17-9-8-12-19(15-17)32-18-10-4-3-5-11-18/h3-15,22-23H,16H2,1-2H3. The minimum absolute atomic E-state index is 0.0171. The van der Waals surface area contributed by atoms with Crippen LogP contribution < -0.4 is 9.47 Å². The Balaban J connectivity index is 1.38. The highest BCUT2D eigenvalue weighted by Gasteiger charge is 2.65. The number of hydrogen-bond acceptors (Lipinski definition) is 4. The quantitative estimate of drug-likeness (QED) is 0.374. The van der Waals surface area contributed by atoms with Crippen molar-refractivity contribution >= 4 is 5.97 Å². The molecule has 3 aromatic carbocycles. The lowest BCUT2D eigenvalue weighted by Gasteiger charge is -2.14.